The SMILES string of the molecule is COc1ccc(-c2cn3ccccc3n2)cc1NC(=O)c1ccc(C)cc1. The summed E-state index contributed by atoms with van der Waals surface area (Å²) in [6.45, 7) is 1.99. The van der Waals surface area contributed by atoms with Gasteiger partial charge in [0.05, 0.1) is 18.5 Å². The van der Waals surface area contributed by atoms with Gasteiger partial charge < -0.3 is 14.5 Å². The number of anilines is 1. The zero-order valence-electron chi connectivity index (χ0n) is 15.1. The third kappa shape index (κ3) is 3.40. The molecule has 0 spiro atoms. The second-order valence-corrected chi connectivity index (χ2v) is 6.33. The number of ether oxygens (including phenoxy) is 1. The molecule has 0 aliphatic heterocycles. The molecule has 2 aromatic carbocycles. The molecule has 0 fully saturated rings. The van der Waals surface area contributed by atoms with Gasteiger partial charge in [0.15, 0.2) is 0 Å². The second-order valence-electron chi connectivity index (χ2n) is 6.33. The summed E-state index contributed by atoms with van der Waals surface area (Å²) < 4.78 is 7.37. The van der Waals surface area contributed by atoms with Crippen LogP contribution >= 0.6 is 0 Å². The number of nitrogens with one attached hydrogen (secondary N) is 1. The smallest absolute Gasteiger partial charge is 0.255 e. The van der Waals surface area contributed by atoms with Gasteiger partial charge in [-0.05, 0) is 49.4 Å². The van der Waals surface area contributed by atoms with E-state index in [0.717, 1.165) is 22.5 Å². The summed E-state index contributed by atoms with van der Waals surface area (Å²) in [4.78, 5) is 17.2. The highest BCUT2D eigenvalue weighted by molar-refractivity contribution is 6.05. The first-order chi connectivity index (χ1) is 13.1. The zero-order valence-corrected chi connectivity index (χ0v) is 15.1. The average molecular weight is 357 g/mol. The topological polar surface area (TPSA) is 55.6 Å². The molecule has 5 nitrogen and oxygen atoms in total. The lowest BCUT2D eigenvalue weighted by Gasteiger charge is -2.12. The molecule has 0 radical (unpaired) electrons. The summed E-state index contributed by atoms with van der Waals surface area (Å²) in [6.07, 6.45) is 3.91. The van der Waals surface area contributed by atoms with Crippen LogP contribution in [0.15, 0.2) is 73.1 Å². The Morgan fingerprint density at radius 2 is 1.89 bits per heavy atom. The van der Waals surface area contributed by atoms with Crippen LogP contribution in [0, 0.1) is 6.92 Å². The first-order valence-electron chi connectivity index (χ1n) is 8.64. The van der Waals surface area contributed by atoms with E-state index in [1.807, 2.05) is 84.4 Å². The van der Waals surface area contributed by atoms with Crippen LogP contribution in [0.1, 0.15) is 15.9 Å². The Hall–Kier alpha value is -3.60. The Bertz CT molecular complexity index is 1080. The number of hydrogen-bond donors (Lipinski definition) is 1. The van der Waals surface area contributed by atoms with Crippen LogP contribution < -0.4 is 10.1 Å². The van der Waals surface area contributed by atoms with Crippen molar-refractivity contribution in [1.82, 2.24) is 9.38 Å². The number of rotatable bonds is 4. The number of hydrogen-bond acceptors (Lipinski definition) is 3. The molecule has 0 aliphatic rings. The van der Waals surface area contributed by atoms with Crippen molar-refractivity contribution in [1.29, 1.82) is 0 Å². The Kier molecular flexibility index (Phi) is 4.34. The quantitative estimate of drug-likeness (QED) is 0.582. The standard InChI is InChI=1S/C22H19N3O2/c1-15-6-8-16(9-7-15)22(26)24-18-13-17(10-11-20(18)27-2)19-14-25-12-4-3-5-21(25)23-19/h3-14H,1-2H3,(H,24,26). The molecular weight excluding hydrogens is 338 g/mol. The van der Waals surface area contributed by atoms with E-state index < -0.39 is 0 Å². The van der Waals surface area contributed by atoms with Crippen molar-refractivity contribution in [3.05, 3.63) is 84.2 Å². The van der Waals surface area contributed by atoms with Crippen molar-refractivity contribution < 1.29 is 9.53 Å². The van der Waals surface area contributed by atoms with E-state index in [-0.39, 0.29) is 5.91 Å². The fraction of sp³-hybridized carbons (Fsp3) is 0.0909. The molecule has 0 saturated heterocycles. The molecule has 1 N–H and O–H groups in total. The Morgan fingerprint density at radius 1 is 1.07 bits per heavy atom. The second kappa shape index (κ2) is 6.96. The maximum absolute atomic E-state index is 12.6. The molecular formula is C22H19N3O2. The van der Waals surface area contributed by atoms with E-state index in [0.29, 0.717) is 17.0 Å². The fourth-order valence-electron chi connectivity index (χ4n) is 2.94. The van der Waals surface area contributed by atoms with Crippen molar-refractivity contribution >= 4 is 17.2 Å². The molecule has 4 rings (SSSR count). The monoisotopic (exact) mass is 357 g/mol. The largest absolute Gasteiger partial charge is 0.495 e. The normalized spacial score (nSPS) is 10.7. The van der Waals surface area contributed by atoms with Gasteiger partial charge in [0, 0.05) is 23.5 Å². The predicted molar refractivity (Wildman–Crippen MR) is 106 cm³/mol. The molecule has 0 bridgehead atoms. The van der Waals surface area contributed by atoms with Crippen molar-refractivity contribution in [2.24, 2.45) is 0 Å². The number of imidazole rings is 1. The van der Waals surface area contributed by atoms with Gasteiger partial charge in [0.2, 0.25) is 0 Å². The number of aromatic nitrogens is 2. The van der Waals surface area contributed by atoms with Crippen molar-refractivity contribution in [2.45, 2.75) is 6.92 Å². The summed E-state index contributed by atoms with van der Waals surface area (Å²) in [5.74, 6) is 0.420. The fourth-order valence-corrected chi connectivity index (χ4v) is 2.94. The number of nitrogens with zero attached hydrogens (tertiary/aromatic N) is 2. The summed E-state index contributed by atoms with van der Waals surface area (Å²) in [7, 11) is 1.58. The van der Waals surface area contributed by atoms with Crippen molar-refractivity contribution in [2.75, 3.05) is 12.4 Å². The first-order valence-corrected chi connectivity index (χ1v) is 8.64. The molecule has 2 aromatic heterocycles. The molecule has 0 aliphatic carbocycles. The predicted octanol–water partition coefficient (Wildman–Crippen LogP) is 4.57. The maximum atomic E-state index is 12.6. The Labute approximate surface area is 157 Å². The number of pyridine rings is 1. The molecule has 0 unspecified atom stereocenters. The van der Waals surface area contributed by atoms with Gasteiger partial charge in [0.25, 0.3) is 5.91 Å². The van der Waals surface area contributed by atoms with Gasteiger partial charge in [-0.2, -0.15) is 0 Å². The van der Waals surface area contributed by atoms with Gasteiger partial charge in [-0.25, -0.2) is 4.98 Å². The lowest BCUT2D eigenvalue weighted by atomic mass is 10.1. The molecule has 0 atom stereocenters. The summed E-state index contributed by atoms with van der Waals surface area (Å²) in [6, 6.07) is 19.0. The molecule has 134 valence electrons. The van der Waals surface area contributed by atoms with Gasteiger partial charge in [-0.3, -0.25) is 4.79 Å². The van der Waals surface area contributed by atoms with E-state index in [1.54, 1.807) is 7.11 Å². The average Bonchev–Trinajstić information content (AvgIpc) is 3.12. The first kappa shape index (κ1) is 16.8. The molecule has 5 heteroatoms. The number of fused-ring (bicyclic) bond motifs is 1. The van der Waals surface area contributed by atoms with Crippen LogP contribution in [0.5, 0.6) is 5.75 Å². The summed E-state index contributed by atoms with van der Waals surface area (Å²) in [5.41, 5.74) is 4.92. The number of carbonyl (C=O) groups excluding carboxylic acids is 1. The number of benzene rings is 2. The Balaban J connectivity index is 1.68. The van der Waals surface area contributed by atoms with Crippen LogP contribution in [0.4, 0.5) is 5.69 Å². The third-order valence-electron chi connectivity index (χ3n) is 4.42. The van der Waals surface area contributed by atoms with Crippen LogP contribution in [-0.4, -0.2) is 22.4 Å². The summed E-state index contributed by atoms with van der Waals surface area (Å²) in [5, 5.41) is 2.94. The number of carbonyl (C=O) groups is 1. The van der Waals surface area contributed by atoms with Crippen LogP contribution in [0.3, 0.4) is 0 Å². The van der Waals surface area contributed by atoms with Crippen LogP contribution in [-0.2, 0) is 0 Å². The molecule has 0 saturated carbocycles. The highest BCUT2D eigenvalue weighted by Gasteiger charge is 2.12. The lowest BCUT2D eigenvalue weighted by molar-refractivity contribution is 0.102. The molecule has 2 heterocycles. The highest BCUT2D eigenvalue weighted by atomic mass is 16.5. The van der Waals surface area contributed by atoms with Crippen LogP contribution in [0.25, 0.3) is 16.9 Å². The van der Waals surface area contributed by atoms with E-state index in [1.165, 1.54) is 0 Å². The molecule has 4 aromatic rings. The minimum absolute atomic E-state index is 0.180. The van der Waals surface area contributed by atoms with Gasteiger partial charge >= 0.3 is 0 Å². The van der Waals surface area contributed by atoms with E-state index in [9.17, 15) is 4.79 Å². The lowest BCUT2D eigenvalue weighted by Crippen LogP contribution is -2.12. The number of amides is 1. The van der Waals surface area contributed by atoms with E-state index >= 15 is 0 Å². The minimum atomic E-state index is -0.180. The van der Waals surface area contributed by atoms with Gasteiger partial charge in [0.1, 0.15) is 11.4 Å². The van der Waals surface area contributed by atoms with E-state index in [4.69, 9.17) is 4.74 Å². The summed E-state index contributed by atoms with van der Waals surface area (Å²) >= 11 is 0. The van der Waals surface area contributed by atoms with Crippen molar-refractivity contribution in [3.8, 4) is 17.0 Å². The van der Waals surface area contributed by atoms with Crippen molar-refractivity contribution in [3.63, 3.8) is 0 Å². The molecule has 1 amide bonds. The third-order valence-corrected chi connectivity index (χ3v) is 4.42. The van der Waals surface area contributed by atoms with Crippen LogP contribution in [0.2, 0.25) is 0 Å². The van der Waals surface area contributed by atoms with Gasteiger partial charge in [-0.15, -0.1) is 0 Å². The zero-order chi connectivity index (χ0) is 18.8. The highest BCUT2D eigenvalue weighted by Crippen LogP contribution is 2.30. The minimum Gasteiger partial charge on any atom is -0.495 e. The number of methoxy groups -OCH3 is 1. The maximum Gasteiger partial charge on any atom is 0.255 e. The molecule has 27 heavy (non-hydrogen) atoms. The van der Waals surface area contributed by atoms with E-state index in [2.05, 4.69) is 10.3 Å². The Morgan fingerprint density at radius 3 is 2.63 bits per heavy atom. The number of aryl methyl sites for hydroxylation is 1. The van der Waals surface area contributed by atoms with Gasteiger partial charge in [-0.1, -0.05) is 23.8 Å².